The normalized spacial score (nSPS) is 16.0. The molecule has 5 nitrogen and oxygen atoms in total. The molecule has 0 spiro atoms. The quantitative estimate of drug-likeness (QED) is 0.800. The van der Waals surface area contributed by atoms with Crippen LogP contribution in [0.5, 0.6) is 5.75 Å². The smallest absolute Gasteiger partial charge is 0.265 e. The van der Waals surface area contributed by atoms with E-state index < -0.39 is 6.10 Å². The lowest BCUT2D eigenvalue weighted by atomic mass is 9.86. The summed E-state index contributed by atoms with van der Waals surface area (Å²) in [5.74, 6) is 0.473. The predicted molar refractivity (Wildman–Crippen MR) is 111 cm³/mol. The van der Waals surface area contributed by atoms with E-state index >= 15 is 0 Å². The van der Waals surface area contributed by atoms with Gasteiger partial charge in [-0.1, -0.05) is 57.2 Å². The van der Waals surface area contributed by atoms with E-state index in [2.05, 4.69) is 55.7 Å². The summed E-state index contributed by atoms with van der Waals surface area (Å²) in [7, 11) is 0. The largest absolute Gasteiger partial charge is 0.478 e. The number of hydrogen-bond acceptors (Lipinski definition) is 3. The zero-order valence-corrected chi connectivity index (χ0v) is 16.7. The minimum Gasteiger partial charge on any atom is -0.478 e. The van der Waals surface area contributed by atoms with Crippen LogP contribution < -0.4 is 15.4 Å². The van der Waals surface area contributed by atoms with Gasteiger partial charge in [0, 0.05) is 19.4 Å². The SMILES string of the molecule is CC(C)(C)c1ccc(CCC(=O)NCCC2Oc3ccccc3NC2=O)cc1. The van der Waals surface area contributed by atoms with E-state index in [1.807, 2.05) is 18.2 Å². The Morgan fingerprint density at radius 2 is 1.82 bits per heavy atom. The zero-order valence-electron chi connectivity index (χ0n) is 16.7. The van der Waals surface area contributed by atoms with E-state index in [-0.39, 0.29) is 17.2 Å². The fraction of sp³-hybridized carbons (Fsp3) is 0.391. The van der Waals surface area contributed by atoms with E-state index in [0.717, 1.165) is 5.56 Å². The lowest BCUT2D eigenvalue weighted by molar-refractivity contribution is -0.125. The fourth-order valence-corrected chi connectivity index (χ4v) is 3.14. The number of amides is 2. The number of benzene rings is 2. The maximum atomic E-state index is 12.1. The highest BCUT2D eigenvalue weighted by molar-refractivity contribution is 5.97. The van der Waals surface area contributed by atoms with Crippen molar-refractivity contribution >= 4 is 17.5 Å². The molecule has 1 aliphatic rings. The number of para-hydroxylation sites is 2. The molecule has 0 fully saturated rings. The minimum absolute atomic E-state index is 0.0171. The van der Waals surface area contributed by atoms with Crippen molar-refractivity contribution in [3.8, 4) is 5.75 Å². The molecule has 1 atom stereocenters. The van der Waals surface area contributed by atoms with Crippen molar-refractivity contribution in [1.29, 1.82) is 0 Å². The highest BCUT2D eigenvalue weighted by Gasteiger charge is 2.26. The average Bonchev–Trinajstić information content (AvgIpc) is 2.66. The summed E-state index contributed by atoms with van der Waals surface area (Å²) in [6, 6.07) is 15.8. The molecule has 5 heteroatoms. The van der Waals surface area contributed by atoms with Crippen molar-refractivity contribution in [3.63, 3.8) is 0 Å². The minimum atomic E-state index is -0.583. The Balaban J connectivity index is 1.41. The van der Waals surface area contributed by atoms with Crippen LogP contribution in [-0.2, 0) is 21.4 Å². The van der Waals surface area contributed by atoms with Crippen molar-refractivity contribution in [2.24, 2.45) is 0 Å². The van der Waals surface area contributed by atoms with E-state index in [1.165, 1.54) is 5.56 Å². The van der Waals surface area contributed by atoms with Gasteiger partial charge in [0.15, 0.2) is 6.10 Å². The molecule has 2 aromatic rings. The predicted octanol–water partition coefficient (Wildman–Crippen LogP) is 3.82. The number of carbonyl (C=O) groups is 2. The number of nitrogens with one attached hydrogen (secondary N) is 2. The third-order valence-electron chi connectivity index (χ3n) is 4.90. The van der Waals surface area contributed by atoms with Crippen LogP contribution in [-0.4, -0.2) is 24.5 Å². The molecule has 2 aromatic carbocycles. The third-order valence-corrected chi connectivity index (χ3v) is 4.90. The van der Waals surface area contributed by atoms with Gasteiger partial charge >= 0.3 is 0 Å². The maximum Gasteiger partial charge on any atom is 0.265 e. The van der Waals surface area contributed by atoms with Crippen LogP contribution in [0.3, 0.4) is 0 Å². The Kier molecular flexibility index (Phi) is 6.02. The number of anilines is 1. The number of fused-ring (bicyclic) bond motifs is 1. The number of carbonyl (C=O) groups excluding carboxylic acids is 2. The molecule has 1 heterocycles. The standard InChI is InChI=1S/C23H28N2O3/c1-23(2,3)17-11-8-16(9-12-17)10-13-21(26)24-15-14-20-22(27)25-18-6-4-5-7-19(18)28-20/h4-9,11-12,20H,10,13-15H2,1-3H3,(H,24,26)(H,25,27). The van der Waals surface area contributed by atoms with Gasteiger partial charge in [-0.2, -0.15) is 0 Å². The van der Waals surface area contributed by atoms with Crippen molar-refractivity contribution in [1.82, 2.24) is 5.32 Å². The van der Waals surface area contributed by atoms with Crippen molar-refractivity contribution in [2.45, 2.75) is 51.6 Å². The zero-order chi connectivity index (χ0) is 20.1. The second kappa shape index (κ2) is 8.46. The second-order valence-electron chi connectivity index (χ2n) is 8.18. The molecule has 0 aromatic heterocycles. The molecule has 0 aliphatic carbocycles. The van der Waals surface area contributed by atoms with Gasteiger partial charge in [0.05, 0.1) is 5.69 Å². The van der Waals surface area contributed by atoms with Gasteiger partial charge in [-0.25, -0.2) is 0 Å². The van der Waals surface area contributed by atoms with Crippen molar-refractivity contribution in [2.75, 3.05) is 11.9 Å². The molecule has 28 heavy (non-hydrogen) atoms. The molecule has 0 saturated carbocycles. The van der Waals surface area contributed by atoms with Crippen LogP contribution in [0.2, 0.25) is 0 Å². The van der Waals surface area contributed by atoms with Crippen LogP contribution in [0.4, 0.5) is 5.69 Å². The van der Waals surface area contributed by atoms with Crippen LogP contribution in [0.1, 0.15) is 44.7 Å². The molecule has 0 saturated heterocycles. The number of hydrogen-bond donors (Lipinski definition) is 2. The molecule has 1 aliphatic heterocycles. The molecule has 3 rings (SSSR count). The van der Waals surface area contributed by atoms with Gasteiger partial charge in [-0.15, -0.1) is 0 Å². The Hall–Kier alpha value is -2.82. The third kappa shape index (κ3) is 5.12. The van der Waals surface area contributed by atoms with E-state index in [9.17, 15) is 9.59 Å². The summed E-state index contributed by atoms with van der Waals surface area (Å²) < 4.78 is 5.73. The van der Waals surface area contributed by atoms with E-state index in [0.29, 0.717) is 37.2 Å². The average molecular weight is 380 g/mol. The highest BCUT2D eigenvalue weighted by atomic mass is 16.5. The maximum absolute atomic E-state index is 12.1. The molecule has 0 radical (unpaired) electrons. The monoisotopic (exact) mass is 380 g/mol. The number of ether oxygens (including phenoxy) is 1. The molecule has 2 N–H and O–H groups in total. The highest BCUT2D eigenvalue weighted by Crippen LogP contribution is 2.29. The van der Waals surface area contributed by atoms with Gasteiger partial charge in [0.2, 0.25) is 5.91 Å². The summed E-state index contributed by atoms with van der Waals surface area (Å²) in [6.45, 7) is 6.96. The van der Waals surface area contributed by atoms with Crippen LogP contribution >= 0.6 is 0 Å². The lowest BCUT2D eigenvalue weighted by Crippen LogP contribution is -2.39. The summed E-state index contributed by atoms with van der Waals surface area (Å²) >= 11 is 0. The fourth-order valence-electron chi connectivity index (χ4n) is 3.14. The first kappa shape index (κ1) is 19.9. The Bertz CT molecular complexity index is 838. The molecule has 148 valence electrons. The van der Waals surface area contributed by atoms with Gasteiger partial charge < -0.3 is 15.4 Å². The first-order valence-corrected chi connectivity index (χ1v) is 9.75. The second-order valence-corrected chi connectivity index (χ2v) is 8.18. The molecular weight excluding hydrogens is 352 g/mol. The van der Waals surface area contributed by atoms with Gasteiger partial charge in [-0.3, -0.25) is 9.59 Å². The Morgan fingerprint density at radius 3 is 2.54 bits per heavy atom. The lowest BCUT2D eigenvalue weighted by Gasteiger charge is -2.25. The first-order valence-electron chi connectivity index (χ1n) is 9.75. The topological polar surface area (TPSA) is 67.4 Å². The van der Waals surface area contributed by atoms with Crippen LogP contribution in [0.15, 0.2) is 48.5 Å². The van der Waals surface area contributed by atoms with E-state index in [1.54, 1.807) is 6.07 Å². The Morgan fingerprint density at radius 1 is 1.11 bits per heavy atom. The van der Waals surface area contributed by atoms with Crippen molar-refractivity contribution in [3.05, 3.63) is 59.7 Å². The van der Waals surface area contributed by atoms with Crippen molar-refractivity contribution < 1.29 is 14.3 Å². The number of aryl methyl sites for hydroxylation is 1. The first-order chi connectivity index (χ1) is 13.3. The van der Waals surface area contributed by atoms with Crippen LogP contribution in [0, 0.1) is 0 Å². The van der Waals surface area contributed by atoms with Gasteiger partial charge in [-0.05, 0) is 35.1 Å². The summed E-state index contributed by atoms with van der Waals surface area (Å²) in [5, 5.41) is 5.71. The molecule has 2 amide bonds. The van der Waals surface area contributed by atoms with E-state index in [4.69, 9.17) is 4.74 Å². The summed E-state index contributed by atoms with van der Waals surface area (Å²) in [4.78, 5) is 24.2. The molecular formula is C23H28N2O3. The Labute approximate surface area is 166 Å². The van der Waals surface area contributed by atoms with Crippen LogP contribution in [0.25, 0.3) is 0 Å². The molecule has 1 unspecified atom stereocenters. The summed E-state index contributed by atoms with van der Waals surface area (Å²) in [5.41, 5.74) is 3.25. The summed E-state index contributed by atoms with van der Waals surface area (Å²) in [6.07, 6.45) is 0.978. The van der Waals surface area contributed by atoms with Gasteiger partial charge in [0.25, 0.3) is 5.91 Å². The van der Waals surface area contributed by atoms with Gasteiger partial charge in [0.1, 0.15) is 5.75 Å². The molecule has 0 bridgehead atoms. The number of rotatable bonds is 6.